The Labute approximate surface area is 135 Å². The van der Waals surface area contributed by atoms with Crippen LogP contribution in [-0.2, 0) is 5.75 Å². The zero-order chi connectivity index (χ0) is 16.2. The van der Waals surface area contributed by atoms with Crippen molar-refractivity contribution >= 4 is 17.7 Å². The number of tetrazole rings is 1. The number of rotatable bonds is 5. The largest absolute Gasteiger partial charge is 0.545 e. The third-order valence-electron chi connectivity index (χ3n) is 3.10. The first-order chi connectivity index (χ1) is 11.1. The third kappa shape index (κ3) is 3.37. The molecular formula is C15H10FN4O2S-. The van der Waals surface area contributed by atoms with Gasteiger partial charge in [0.05, 0.1) is 11.7 Å². The minimum Gasteiger partial charge on any atom is -0.545 e. The fourth-order valence-corrected chi connectivity index (χ4v) is 2.80. The van der Waals surface area contributed by atoms with Gasteiger partial charge in [-0.3, -0.25) is 0 Å². The zero-order valence-corrected chi connectivity index (χ0v) is 12.5. The third-order valence-corrected chi connectivity index (χ3v) is 4.07. The molecule has 0 saturated heterocycles. The predicted octanol–water partition coefficient (Wildman–Crippen LogP) is 1.46. The van der Waals surface area contributed by atoms with Crippen LogP contribution in [0.15, 0.2) is 53.7 Å². The number of carboxylic acids is 1. The fraction of sp³-hybridized carbons (Fsp3) is 0.0667. The number of carbonyl (C=O) groups excluding carboxylic acids is 1. The monoisotopic (exact) mass is 329 g/mol. The van der Waals surface area contributed by atoms with Gasteiger partial charge < -0.3 is 9.90 Å². The molecule has 0 amide bonds. The number of hydrogen-bond donors (Lipinski definition) is 0. The molecule has 3 aromatic rings. The number of aromatic nitrogens is 4. The minimum atomic E-state index is -1.25. The summed E-state index contributed by atoms with van der Waals surface area (Å²) < 4.78 is 15.1. The van der Waals surface area contributed by atoms with Crippen LogP contribution in [0.3, 0.4) is 0 Å². The topological polar surface area (TPSA) is 83.7 Å². The number of hydrogen-bond acceptors (Lipinski definition) is 6. The van der Waals surface area contributed by atoms with Crippen molar-refractivity contribution in [2.45, 2.75) is 10.9 Å². The summed E-state index contributed by atoms with van der Waals surface area (Å²) in [6.45, 7) is 0. The molecule has 2 aromatic carbocycles. The van der Waals surface area contributed by atoms with Gasteiger partial charge in [0.15, 0.2) is 0 Å². The van der Waals surface area contributed by atoms with Gasteiger partial charge in [0.1, 0.15) is 5.82 Å². The molecule has 0 fully saturated rings. The van der Waals surface area contributed by atoms with E-state index >= 15 is 0 Å². The van der Waals surface area contributed by atoms with Crippen LogP contribution >= 0.6 is 11.8 Å². The lowest BCUT2D eigenvalue weighted by atomic mass is 10.2. The highest BCUT2D eigenvalue weighted by molar-refractivity contribution is 7.98. The molecule has 0 unspecified atom stereocenters. The lowest BCUT2D eigenvalue weighted by molar-refractivity contribution is -0.255. The van der Waals surface area contributed by atoms with Crippen LogP contribution in [0.25, 0.3) is 5.69 Å². The zero-order valence-electron chi connectivity index (χ0n) is 11.7. The van der Waals surface area contributed by atoms with Gasteiger partial charge in [0.25, 0.3) is 0 Å². The Morgan fingerprint density at radius 3 is 2.61 bits per heavy atom. The molecule has 0 aliphatic heterocycles. The fourth-order valence-electron chi connectivity index (χ4n) is 1.93. The molecule has 23 heavy (non-hydrogen) atoms. The highest BCUT2D eigenvalue weighted by Crippen LogP contribution is 2.23. The maximum atomic E-state index is 13.6. The Morgan fingerprint density at radius 1 is 1.17 bits per heavy atom. The summed E-state index contributed by atoms with van der Waals surface area (Å²) in [7, 11) is 0. The van der Waals surface area contributed by atoms with E-state index in [4.69, 9.17) is 0 Å². The van der Waals surface area contributed by atoms with Gasteiger partial charge in [-0.25, -0.2) is 4.39 Å². The van der Waals surface area contributed by atoms with E-state index in [2.05, 4.69) is 15.5 Å². The van der Waals surface area contributed by atoms with Crippen molar-refractivity contribution in [1.29, 1.82) is 0 Å². The first-order valence-corrected chi connectivity index (χ1v) is 7.60. The average molecular weight is 329 g/mol. The molecule has 3 rings (SSSR count). The van der Waals surface area contributed by atoms with Gasteiger partial charge in [-0.05, 0) is 39.8 Å². The molecule has 6 nitrogen and oxygen atoms in total. The number of nitrogens with zero attached hydrogens (tertiary/aromatic N) is 4. The van der Waals surface area contributed by atoms with E-state index in [1.54, 1.807) is 30.3 Å². The van der Waals surface area contributed by atoms with Gasteiger partial charge in [-0.2, -0.15) is 4.68 Å². The van der Waals surface area contributed by atoms with Crippen molar-refractivity contribution in [3.8, 4) is 5.69 Å². The highest BCUT2D eigenvalue weighted by Gasteiger charge is 2.10. The molecule has 0 bridgehead atoms. The minimum absolute atomic E-state index is 0.0717. The van der Waals surface area contributed by atoms with E-state index in [0.717, 1.165) is 0 Å². The molecule has 116 valence electrons. The Morgan fingerprint density at radius 2 is 1.91 bits per heavy atom. The van der Waals surface area contributed by atoms with Crippen LogP contribution in [-0.4, -0.2) is 26.2 Å². The molecule has 1 aromatic heterocycles. The van der Waals surface area contributed by atoms with Crippen molar-refractivity contribution in [3.05, 3.63) is 65.5 Å². The Bertz CT molecular complexity index is 836. The molecular weight excluding hydrogens is 319 g/mol. The highest BCUT2D eigenvalue weighted by atomic mass is 32.2. The van der Waals surface area contributed by atoms with E-state index < -0.39 is 5.97 Å². The summed E-state index contributed by atoms with van der Waals surface area (Å²) in [5, 5.41) is 22.6. The normalized spacial score (nSPS) is 10.7. The van der Waals surface area contributed by atoms with Crippen molar-refractivity contribution in [2.75, 3.05) is 0 Å². The van der Waals surface area contributed by atoms with E-state index in [0.29, 0.717) is 22.2 Å². The SMILES string of the molecule is O=C([O-])c1ccc(-n2nnnc2SCc2ccccc2F)cc1. The maximum Gasteiger partial charge on any atom is 0.214 e. The number of thioether (sulfide) groups is 1. The Balaban J connectivity index is 1.79. The first kappa shape index (κ1) is 15.2. The van der Waals surface area contributed by atoms with Crippen LogP contribution in [0.1, 0.15) is 15.9 Å². The lowest BCUT2D eigenvalue weighted by Gasteiger charge is -2.06. The first-order valence-electron chi connectivity index (χ1n) is 6.61. The predicted molar refractivity (Wildman–Crippen MR) is 79.4 cm³/mol. The molecule has 0 aliphatic rings. The molecule has 1 heterocycles. The van der Waals surface area contributed by atoms with Crippen LogP contribution in [0.5, 0.6) is 0 Å². The molecule has 0 aliphatic carbocycles. The number of benzene rings is 2. The van der Waals surface area contributed by atoms with Crippen molar-refractivity contribution in [2.24, 2.45) is 0 Å². The van der Waals surface area contributed by atoms with Crippen LogP contribution in [0.4, 0.5) is 4.39 Å². The van der Waals surface area contributed by atoms with Gasteiger partial charge in [-0.1, -0.05) is 42.1 Å². The summed E-state index contributed by atoms with van der Waals surface area (Å²) >= 11 is 1.28. The average Bonchev–Trinajstić information content (AvgIpc) is 3.02. The second-order valence-electron chi connectivity index (χ2n) is 4.59. The Hall–Kier alpha value is -2.74. The summed E-state index contributed by atoms with van der Waals surface area (Å²) in [5.74, 6) is -1.15. The van der Waals surface area contributed by atoms with Crippen molar-refractivity contribution in [3.63, 3.8) is 0 Å². The maximum absolute atomic E-state index is 13.6. The van der Waals surface area contributed by atoms with Crippen LogP contribution in [0.2, 0.25) is 0 Å². The second-order valence-corrected chi connectivity index (χ2v) is 5.53. The van der Waals surface area contributed by atoms with Gasteiger partial charge >= 0.3 is 0 Å². The van der Waals surface area contributed by atoms with Crippen molar-refractivity contribution < 1.29 is 14.3 Å². The van der Waals surface area contributed by atoms with E-state index in [-0.39, 0.29) is 11.4 Å². The number of aromatic carboxylic acids is 1. The summed E-state index contributed by atoms with van der Waals surface area (Å²) in [4.78, 5) is 10.8. The van der Waals surface area contributed by atoms with E-state index in [1.807, 2.05) is 0 Å². The second kappa shape index (κ2) is 6.57. The van der Waals surface area contributed by atoms with Gasteiger partial charge in [0.2, 0.25) is 5.16 Å². The molecule has 8 heteroatoms. The standard InChI is InChI=1S/C15H11FN4O2S/c16-13-4-2-1-3-11(13)9-23-15-17-18-19-20(15)12-7-5-10(6-8-12)14(21)22/h1-8H,9H2,(H,21,22)/p-1. The summed E-state index contributed by atoms with van der Waals surface area (Å²) in [6.07, 6.45) is 0. The number of halogens is 1. The van der Waals surface area contributed by atoms with Gasteiger partial charge in [-0.15, -0.1) is 5.10 Å². The number of carboxylic acid groups (broad SMARTS) is 1. The Kier molecular flexibility index (Phi) is 4.33. The van der Waals surface area contributed by atoms with Crippen molar-refractivity contribution in [1.82, 2.24) is 20.2 Å². The molecule has 0 spiro atoms. The molecule has 0 radical (unpaired) electrons. The van der Waals surface area contributed by atoms with Crippen LogP contribution < -0.4 is 5.11 Å². The smallest absolute Gasteiger partial charge is 0.214 e. The molecule has 0 atom stereocenters. The van der Waals surface area contributed by atoms with Gasteiger partial charge in [0, 0.05) is 5.75 Å². The lowest BCUT2D eigenvalue weighted by Crippen LogP contribution is -2.22. The molecule has 0 N–H and O–H groups in total. The van der Waals surface area contributed by atoms with E-state index in [9.17, 15) is 14.3 Å². The molecule has 0 saturated carbocycles. The van der Waals surface area contributed by atoms with E-state index in [1.165, 1.54) is 34.6 Å². The number of carbonyl (C=O) groups is 1. The quantitative estimate of drug-likeness (QED) is 0.659. The summed E-state index contributed by atoms with van der Waals surface area (Å²) in [6, 6.07) is 12.5. The summed E-state index contributed by atoms with van der Waals surface area (Å²) in [5.41, 5.74) is 1.23. The van der Waals surface area contributed by atoms with Crippen LogP contribution in [0, 0.1) is 5.82 Å².